The maximum absolute atomic E-state index is 5.42. The van der Waals surface area contributed by atoms with E-state index >= 15 is 0 Å². The van der Waals surface area contributed by atoms with Crippen molar-refractivity contribution in [2.45, 2.75) is 44.4 Å². The van der Waals surface area contributed by atoms with Crippen molar-refractivity contribution in [3.05, 3.63) is 41.1 Å². The van der Waals surface area contributed by atoms with Gasteiger partial charge in [-0.15, -0.1) is 0 Å². The molecule has 0 radical (unpaired) electrons. The number of hydrogen-bond acceptors (Lipinski definition) is 1. The van der Waals surface area contributed by atoms with Gasteiger partial charge in [0.25, 0.3) is 0 Å². The zero-order valence-electron chi connectivity index (χ0n) is 13.2. The van der Waals surface area contributed by atoms with Crippen LogP contribution < -0.4 is 4.74 Å². The molecule has 0 saturated carbocycles. The van der Waals surface area contributed by atoms with Gasteiger partial charge in [0.1, 0.15) is 5.75 Å². The lowest BCUT2D eigenvalue weighted by molar-refractivity contribution is 0.410. The molecule has 0 fully saturated rings. The molecule has 0 N–H and O–H groups in total. The number of allylic oxidation sites excluding steroid dienone is 2. The van der Waals surface area contributed by atoms with Gasteiger partial charge in [0.15, 0.2) is 0 Å². The Morgan fingerprint density at radius 3 is 2.90 bits per heavy atom. The fraction of sp³-hybridized carbons (Fsp3) is 0.474. The van der Waals surface area contributed by atoms with E-state index in [4.69, 9.17) is 4.74 Å². The molecule has 1 aromatic carbocycles. The molecule has 0 bridgehead atoms. The van der Waals surface area contributed by atoms with Crippen LogP contribution in [0.2, 0.25) is 0 Å². The summed E-state index contributed by atoms with van der Waals surface area (Å²) in [6.07, 6.45) is 8.77. The molecule has 0 aliphatic heterocycles. The Bertz CT molecular complexity index is 753. The second-order valence-electron chi connectivity index (χ2n) is 6.72. The van der Waals surface area contributed by atoms with Crippen LogP contribution in [0.5, 0.6) is 5.75 Å². The van der Waals surface area contributed by atoms with E-state index in [0.717, 1.165) is 5.75 Å². The molecule has 0 saturated heterocycles. The highest BCUT2D eigenvalue weighted by molar-refractivity contribution is 5.88. The van der Waals surface area contributed by atoms with Crippen LogP contribution in [0.15, 0.2) is 29.8 Å². The first-order valence-electron chi connectivity index (χ1n) is 8.00. The van der Waals surface area contributed by atoms with Crippen LogP contribution in [0.25, 0.3) is 10.9 Å². The minimum atomic E-state index is 0.243. The first kappa shape index (κ1) is 13.0. The normalized spacial score (nSPS) is 24.4. The summed E-state index contributed by atoms with van der Waals surface area (Å²) in [6.45, 7) is 2.45. The SMILES string of the molecule is COc1ccc2c3c(n(C)c2c1)C1(C)CCCC=C1CC3. The van der Waals surface area contributed by atoms with Gasteiger partial charge < -0.3 is 9.30 Å². The summed E-state index contributed by atoms with van der Waals surface area (Å²) in [5, 5.41) is 1.42. The molecule has 0 amide bonds. The van der Waals surface area contributed by atoms with E-state index in [0.29, 0.717) is 0 Å². The Morgan fingerprint density at radius 1 is 1.24 bits per heavy atom. The van der Waals surface area contributed by atoms with Crippen molar-refractivity contribution in [2.24, 2.45) is 7.05 Å². The van der Waals surface area contributed by atoms with Crippen molar-refractivity contribution in [3.63, 3.8) is 0 Å². The quantitative estimate of drug-likeness (QED) is 0.702. The van der Waals surface area contributed by atoms with E-state index in [1.807, 2.05) is 0 Å². The van der Waals surface area contributed by atoms with Crippen molar-refractivity contribution < 1.29 is 4.74 Å². The summed E-state index contributed by atoms with van der Waals surface area (Å²) >= 11 is 0. The van der Waals surface area contributed by atoms with Gasteiger partial charge in [0.05, 0.1) is 12.6 Å². The van der Waals surface area contributed by atoms with Crippen LogP contribution in [-0.2, 0) is 18.9 Å². The van der Waals surface area contributed by atoms with Crippen molar-refractivity contribution in [3.8, 4) is 5.75 Å². The monoisotopic (exact) mass is 281 g/mol. The second-order valence-corrected chi connectivity index (χ2v) is 6.72. The molecule has 1 aromatic heterocycles. The number of nitrogens with zero attached hydrogens (tertiary/aromatic N) is 1. The standard InChI is InChI=1S/C19H23NO/c1-19-11-5-4-6-13(19)7-9-16-15-10-8-14(21-3)12-17(15)20(2)18(16)19/h6,8,10,12H,4-5,7,9,11H2,1-3H3. The van der Waals surface area contributed by atoms with Crippen molar-refractivity contribution in [2.75, 3.05) is 7.11 Å². The maximum Gasteiger partial charge on any atom is 0.120 e. The zero-order chi connectivity index (χ0) is 14.6. The highest BCUT2D eigenvalue weighted by Gasteiger charge is 2.40. The fourth-order valence-corrected chi connectivity index (χ4v) is 4.60. The zero-order valence-corrected chi connectivity index (χ0v) is 13.2. The molecule has 1 atom stereocenters. The third-order valence-electron chi connectivity index (χ3n) is 5.66. The number of fused-ring (bicyclic) bond motifs is 5. The molecular formula is C19H23NO. The average Bonchev–Trinajstić information content (AvgIpc) is 2.80. The molecular weight excluding hydrogens is 258 g/mol. The van der Waals surface area contributed by atoms with Crippen LogP contribution in [0.1, 0.15) is 43.9 Å². The van der Waals surface area contributed by atoms with E-state index in [9.17, 15) is 0 Å². The van der Waals surface area contributed by atoms with Gasteiger partial charge in [-0.05, 0) is 49.8 Å². The number of hydrogen-bond donors (Lipinski definition) is 0. The summed E-state index contributed by atoms with van der Waals surface area (Å²) < 4.78 is 7.84. The molecule has 4 rings (SSSR count). The van der Waals surface area contributed by atoms with Gasteiger partial charge in [0, 0.05) is 29.6 Å². The van der Waals surface area contributed by atoms with Gasteiger partial charge in [-0.25, -0.2) is 0 Å². The van der Waals surface area contributed by atoms with E-state index in [1.54, 1.807) is 23.9 Å². The van der Waals surface area contributed by atoms with Crippen molar-refractivity contribution >= 4 is 10.9 Å². The lowest BCUT2D eigenvalue weighted by Gasteiger charge is -2.40. The summed E-state index contributed by atoms with van der Waals surface area (Å²) in [7, 11) is 3.97. The van der Waals surface area contributed by atoms with E-state index in [1.165, 1.54) is 43.0 Å². The fourth-order valence-electron chi connectivity index (χ4n) is 4.60. The Kier molecular flexibility index (Phi) is 2.72. The van der Waals surface area contributed by atoms with E-state index in [2.05, 4.69) is 42.8 Å². The van der Waals surface area contributed by atoms with Gasteiger partial charge in [0.2, 0.25) is 0 Å². The number of aromatic nitrogens is 1. The molecule has 2 heteroatoms. The predicted octanol–water partition coefficient (Wildman–Crippen LogP) is 4.50. The Balaban J connectivity index is 2.03. The number of aryl methyl sites for hydroxylation is 2. The van der Waals surface area contributed by atoms with Crippen molar-refractivity contribution in [1.29, 1.82) is 0 Å². The topological polar surface area (TPSA) is 14.2 Å². The first-order chi connectivity index (χ1) is 10.1. The molecule has 110 valence electrons. The minimum absolute atomic E-state index is 0.243. The summed E-state index contributed by atoms with van der Waals surface area (Å²) in [5.41, 5.74) is 6.33. The van der Waals surface area contributed by atoms with Crippen LogP contribution >= 0.6 is 0 Å². The maximum atomic E-state index is 5.42. The molecule has 0 spiro atoms. The predicted molar refractivity (Wildman–Crippen MR) is 87.1 cm³/mol. The average molecular weight is 281 g/mol. The molecule has 1 heterocycles. The van der Waals surface area contributed by atoms with Crippen molar-refractivity contribution in [1.82, 2.24) is 4.57 Å². The Morgan fingerprint density at radius 2 is 2.10 bits per heavy atom. The lowest BCUT2D eigenvalue weighted by Crippen LogP contribution is -2.33. The van der Waals surface area contributed by atoms with E-state index in [-0.39, 0.29) is 5.41 Å². The highest BCUT2D eigenvalue weighted by Crippen LogP contribution is 2.49. The number of benzene rings is 1. The molecule has 2 aromatic rings. The highest BCUT2D eigenvalue weighted by atomic mass is 16.5. The lowest BCUT2D eigenvalue weighted by atomic mass is 9.65. The number of methoxy groups -OCH3 is 1. The third-order valence-corrected chi connectivity index (χ3v) is 5.66. The minimum Gasteiger partial charge on any atom is -0.497 e. The molecule has 1 unspecified atom stereocenters. The van der Waals surface area contributed by atoms with Crippen LogP contribution in [0.4, 0.5) is 0 Å². The smallest absolute Gasteiger partial charge is 0.120 e. The molecule has 2 nitrogen and oxygen atoms in total. The van der Waals surface area contributed by atoms with Gasteiger partial charge in [-0.1, -0.05) is 18.6 Å². The van der Waals surface area contributed by atoms with Gasteiger partial charge in [-0.2, -0.15) is 0 Å². The molecule has 21 heavy (non-hydrogen) atoms. The Hall–Kier alpha value is -1.70. The Labute approximate surface area is 126 Å². The van der Waals surface area contributed by atoms with E-state index < -0.39 is 0 Å². The van der Waals surface area contributed by atoms with Gasteiger partial charge >= 0.3 is 0 Å². The largest absolute Gasteiger partial charge is 0.497 e. The third kappa shape index (κ3) is 1.65. The number of ether oxygens (including phenoxy) is 1. The van der Waals surface area contributed by atoms with Crippen LogP contribution in [0, 0.1) is 0 Å². The first-order valence-corrected chi connectivity index (χ1v) is 8.00. The second kappa shape index (κ2) is 4.40. The molecule has 2 aliphatic carbocycles. The summed E-state index contributed by atoms with van der Waals surface area (Å²) in [4.78, 5) is 0. The summed E-state index contributed by atoms with van der Waals surface area (Å²) in [5.74, 6) is 0.949. The number of rotatable bonds is 1. The van der Waals surface area contributed by atoms with Crippen LogP contribution in [0.3, 0.4) is 0 Å². The van der Waals surface area contributed by atoms with Gasteiger partial charge in [-0.3, -0.25) is 0 Å². The van der Waals surface area contributed by atoms with Crippen LogP contribution in [-0.4, -0.2) is 11.7 Å². The molecule has 2 aliphatic rings. The summed E-state index contributed by atoms with van der Waals surface area (Å²) in [6, 6.07) is 6.52.